The fraction of sp³-hybridized carbons (Fsp3) is 0.769. The zero-order valence-electron chi connectivity index (χ0n) is 35.5. The van der Waals surface area contributed by atoms with E-state index in [2.05, 4.69) is 31.6 Å². The first-order chi connectivity index (χ1) is 28.2. The number of hydrogen-bond donors (Lipinski definition) is 11. The SMILES string of the molecule is CC(C)C[C@H](NC(=O)[C@H](CC(C)C)NC(=O)[C@H](CC1CCCCC1)NC(=O)[C@@H](N)CO)C(=O)N[C@@H](CCCN=C(N)N)C(=O)N[C@@H](CC(N)=O)C(=O)N1CCC[C@H]1C(=O)O. The molecule has 2 aliphatic rings. The zero-order chi connectivity index (χ0) is 45.1. The van der Waals surface area contributed by atoms with Gasteiger partial charge >= 0.3 is 5.97 Å². The number of guanidine groups is 1. The molecule has 60 heavy (non-hydrogen) atoms. The van der Waals surface area contributed by atoms with Crippen LogP contribution in [0.1, 0.15) is 111 Å². The number of nitrogens with zero attached hydrogens (tertiary/aromatic N) is 2. The number of aliphatic hydroxyl groups is 1. The highest BCUT2D eigenvalue weighted by molar-refractivity contribution is 5.98. The molecule has 15 N–H and O–H groups in total. The van der Waals surface area contributed by atoms with Gasteiger partial charge in [0.2, 0.25) is 41.4 Å². The third-order valence-corrected chi connectivity index (χ3v) is 10.6. The standard InChI is InChI=1S/C39H69N11O10/c1-21(2)16-26(47-35(56)27(17-22(3)4)48-36(57)28(46-32(53)24(40)20-51)18-23-10-6-5-7-11-23)34(55)45-25(12-8-14-44-39(42)43)33(54)49-29(19-31(41)52)37(58)50-15-9-13-30(50)38(59)60/h21-30,51H,5-20,40H2,1-4H3,(H2,41,52)(H,45,55)(H,46,53)(H,47,56)(H,48,57)(H,49,54)(H,59,60)(H4,42,43,44)/t24-,25-,26-,27-,28-,29-,30-/m0/s1. The number of primary amides is 1. The van der Waals surface area contributed by atoms with Gasteiger partial charge in [0, 0.05) is 13.1 Å². The van der Waals surface area contributed by atoms with Crippen LogP contribution in [-0.4, -0.2) is 130 Å². The first-order valence-electron chi connectivity index (χ1n) is 21.0. The summed E-state index contributed by atoms with van der Waals surface area (Å²) in [4.78, 5) is 111. The maximum absolute atomic E-state index is 14.0. The van der Waals surface area contributed by atoms with Crippen molar-refractivity contribution in [1.82, 2.24) is 31.5 Å². The summed E-state index contributed by atoms with van der Waals surface area (Å²) in [6, 6.07) is -8.70. The molecule has 0 aromatic heterocycles. The van der Waals surface area contributed by atoms with E-state index in [1.165, 1.54) is 0 Å². The van der Waals surface area contributed by atoms with Crippen molar-refractivity contribution >= 4 is 53.3 Å². The van der Waals surface area contributed by atoms with Crippen LogP contribution in [0.25, 0.3) is 0 Å². The molecule has 1 heterocycles. The first kappa shape index (κ1) is 51.1. The number of aliphatic hydroxyl groups excluding tert-OH is 1. The first-order valence-corrected chi connectivity index (χ1v) is 21.0. The smallest absolute Gasteiger partial charge is 0.326 e. The summed E-state index contributed by atoms with van der Waals surface area (Å²) in [5.41, 5.74) is 22.1. The molecule has 0 spiro atoms. The van der Waals surface area contributed by atoms with Gasteiger partial charge in [-0.1, -0.05) is 59.8 Å². The van der Waals surface area contributed by atoms with Gasteiger partial charge in [-0.2, -0.15) is 0 Å². The number of likely N-dealkylation sites (tertiary alicyclic amines) is 1. The predicted octanol–water partition coefficient (Wildman–Crippen LogP) is -2.20. The topological polar surface area (TPSA) is 357 Å². The second-order valence-electron chi connectivity index (χ2n) is 16.7. The van der Waals surface area contributed by atoms with E-state index in [1.54, 1.807) is 0 Å². The molecule has 0 aromatic rings. The number of carboxylic acids is 1. The molecule has 21 heteroatoms. The predicted molar refractivity (Wildman–Crippen MR) is 221 cm³/mol. The van der Waals surface area contributed by atoms with E-state index >= 15 is 0 Å². The number of carbonyl (C=O) groups excluding carboxylic acids is 7. The third-order valence-electron chi connectivity index (χ3n) is 10.6. The van der Waals surface area contributed by atoms with Gasteiger partial charge in [0.05, 0.1) is 13.0 Å². The van der Waals surface area contributed by atoms with Crippen LogP contribution in [0.5, 0.6) is 0 Å². The molecule has 1 aliphatic carbocycles. The summed E-state index contributed by atoms with van der Waals surface area (Å²) in [5, 5.41) is 32.4. The van der Waals surface area contributed by atoms with Crippen molar-refractivity contribution in [2.45, 2.75) is 153 Å². The van der Waals surface area contributed by atoms with E-state index in [0.29, 0.717) is 12.8 Å². The van der Waals surface area contributed by atoms with Crippen molar-refractivity contribution < 1.29 is 48.6 Å². The minimum Gasteiger partial charge on any atom is -0.480 e. The Hall–Kier alpha value is -5.05. The number of nitrogens with two attached hydrogens (primary N) is 4. The number of nitrogens with one attached hydrogen (secondary N) is 5. The molecular weight excluding hydrogens is 782 g/mol. The second-order valence-corrected chi connectivity index (χ2v) is 16.7. The number of aliphatic imine (C=N–C) groups is 1. The van der Waals surface area contributed by atoms with Gasteiger partial charge in [0.15, 0.2) is 5.96 Å². The molecule has 21 nitrogen and oxygen atoms in total. The summed E-state index contributed by atoms with van der Waals surface area (Å²) >= 11 is 0. The van der Waals surface area contributed by atoms with Gasteiger partial charge < -0.3 is 64.6 Å². The van der Waals surface area contributed by atoms with Gasteiger partial charge in [-0.3, -0.25) is 38.6 Å². The minimum absolute atomic E-state index is 0.0598. The van der Waals surface area contributed by atoms with E-state index in [-0.39, 0.29) is 68.9 Å². The van der Waals surface area contributed by atoms with E-state index in [4.69, 9.17) is 22.9 Å². The average Bonchev–Trinajstić information content (AvgIpc) is 3.67. The molecule has 2 fully saturated rings. The number of amides is 7. The molecule has 0 unspecified atom stereocenters. The van der Waals surface area contributed by atoms with Crippen LogP contribution < -0.4 is 49.5 Å². The largest absolute Gasteiger partial charge is 0.480 e. The summed E-state index contributed by atoms with van der Waals surface area (Å²) < 4.78 is 0. The van der Waals surface area contributed by atoms with Crippen LogP contribution in [0.2, 0.25) is 0 Å². The normalized spacial score (nSPS) is 18.6. The molecule has 0 bridgehead atoms. The molecule has 340 valence electrons. The second kappa shape index (κ2) is 25.5. The molecule has 0 aromatic carbocycles. The van der Waals surface area contributed by atoms with Crippen LogP contribution in [-0.2, 0) is 38.4 Å². The van der Waals surface area contributed by atoms with Crippen molar-refractivity contribution in [3.8, 4) is 0 Å². The Morgan fingerprint density at radius 2 is 1.18 bits per heavy atom. The summed E-state index contributed by atoms with van der Waals surface area (Å²) in [6.07, 6.45) is 5.40. The van der Waals surface area contributed by atoms with Gasteiger partial charge in [-0.15, -0.1) is 0 Å². The molecular formula is C39H69N11O10. The number of hydrogen-bond acceptors (Lipinski definition) is 11. The fourth-order valence-electron chi connectivity index (χ4n) is 7.51. The van der Waals surface area contributed by atoms with Crippen LogP contribution in [0.3, 0.4) is 0 Å². The average molecular weight is 852 g/mol. The Labute approximate surface area is 351 Å². The summed E-state index contributed by atoms with van der Waals surface area (Å²) in [7, 11) is 0. The minimum atomic E-state index is -1.54. The zero-order valence-corrected chi connectivity index (χ0v) is 35.5. The quantitative estimate of drug-likeness (QED) is 0.0264. The van der Waals surface area contributed by atoms with Crippen LogP contribution >= 0.6 is 0 Å². The lowest BCUT2D eigenvalue weighted by Crippen LogP contribution is -2.60. The molecule has 7 amide bonds. The van der Waals surface area contributed by atoms with Gasteiger partial charge in [0.1, 0.15) is 42.3 Å². The lowest BCUT2D eigenvalue weighted by atomic mass is 9.84. The van der Waals surface area contributed by atoms with Gasteiger partial charge in [-0.25, -0.2) is 4.79 Å². The summed E-state index contributed by atoms with van der Waals surface area (Å²) in [5.74, 6) is -6.98. The van der Waals surface area contributed by atoms with Crippen molar-refractivity contribution in [1.29, 1.82) is 0 Å². The van der Waals surface area contributed by atoms with Crippen molar-refractivity contribution in [2.24, 2.45) is 45.7 Å². The fourth-order valence-corrected chi connectivity index (χ4v) is 7.51. The molecule has 1 saturated carbocycles. The van der Waals surface area contributed by atoms with E-state index in [1.807, 2.05) is 27.7 Å². The van der Waals surface area contributed by atoms with Gasteiger partial charge in [-0.05, 0) is 62.7 Å². The highest BCUT2D eigenvalue weighted by Crippen LogP contribution is 2.27. The number of aliphatic carboxylic acids is 1. The molecule has 1 saturated heterocycles. The number of carboxylic acid groups (broad SMARTS) is 1. The van der Waals surface area contributed by atoms with Crippen molar-refractivity contribution in [3.05, 3.63) is 0 Å². The Morgan fingerprint density at radius 3 is 1.68 bits per heavy atom. The van der Waals surface area contributed by atoms with Crippen molar-refractivity contribution in [2.75, 3.05) is 19.7 Å². The van der Waals surface area contributed by atoms with E-state index in [9.17, 15) is 48.6 Å². The summed E-state index contributed by atoms with van der Waals surface area (Å²) in [6.45, 7) is 6.85. The maximum atomic E-state index is 14.0. The lowest BCUT2D eigenvalue weighted by molar-refractivity contribution is -0.149. The molecule has 0 radical (unpaired) electrons. The third kappa shape index (κ3) is 17.7. The van der Waals surface area contributed by atoms with E-state index < -0.39 is 103 Å². The highest BCUT2D eigenvalue weighted by Gasteiger charge is 2.39. The highest BCUT2D eigenvalue weighted by atomic mass is 16.4. The molecule has 1 aliphatic heterocycles. The number of carbonyl (C=O) groups is 8. The Bertz CT molecular complexity index is 1520. The van der Waals surface area contributed by atoms with Crippen LogP contribution in [0, 0.1) is 17.8 Å². The number of rotatable bonds is 25. The maximum Gasteiger partial charge on any atom is 0.326 e. The molecule has 7 atom stereocenters. The Morgan fingerprint density at radius 1 is 0.683 bits per heavy atom. The Balaban J connectivity index is 2.37. The monoisotopic (exact) mass is 852 g/mol. The van der Waals surface area contributed by atoms with Gasteiger partial charge in [0.25, 0.3) is 0 Å². The van der Waals surface area contributed by atoms with E-state index in [0.717, 1.165) is 37.0 Å². The van der Waals surface area contributed by atoms with Crippen LogP contribution in [0.4, 0.5) is 0 Å². The molecule has 2 rings (SSSR count). The Kier molecular flexibility index (Phi) is 21.8. The van der Waals surface area contributed by atoms with Crippen LogP contribution in [0.15, 0.2) is 4.99 Å². The van der Waals surface area contributed by atoms with Crippen molar-refractivity contribution in [3.63, 3.8) is 0 Å². The lowest BCUT2D eigenvalue weighted by Gasteiger charge is -2.30.